The highest BCUT2D eigenvalue weighted by molar-refractivity contribution is 14.0. The standard InChI is InChI=1S/C21H36N4O2.HI/c1-2-22-21(23-11-7-14-26-17-18-9-10-18)24-16-19(20-8-6-15-27-20)25-12-4-3-5-13-25;/h6,8,15,18-19H,2-5,7,9-14,16-17H2,1H3,(H2,22,23,24);1H. The molecule has 1 aliphatic carbocycles. The van der Waals surface area contributed by atoms with Crippen LogP contribution in [0.5, 0.6) is 0 Å². The summed E-state index contributed by atoms with van der Waals surface area (Å²) in [5.74, 6) is 2.74. The normalized spacial score (nSPS) is 19.1. The van der Waals surface area contributed by atoms with E-state index in [0.717, 1.165) is 63.5 Å². The third kappa shape index (κ3) is 8.29. The first-order valence-corrected chi connectivity index (χ1v) is 10.7. The molecular formula is C21H37IN4O2. The predicted molar refractivity (Wildman–Crippen MR) is 124 cm³/mol. The van der Waals surface area contributed by atoms with Crippen LogP contribution in [0.2, 0.25) is 0 Å². The number of halogens is 1. The molecule has 1 aromatic rings. The molecule has 1 saturated heterocycles. The van der Waals surface area contributed by atoms with E-state index in [1.165, 1.54) is 32.1 Å². The molecule has 0 spiro atoms. The van der Waals surface area contributed by atoms with Crippen LogP contribution < -0.4 is 10.6 Å². The molecule has 2 N–H and O–H groups in total. The van der Waals surface area contributed by atoms with Gasteiger partial charge in [-0.05, 0) is 70.2 Å². The zero-order valence-corrected chi connectivity index (χ0v) is 19.5. The number of hydrogen-bond acceptors (Lipinski definition) is 4. The van der Waals surface area contributed by atoms with Gasteiger partial charge in [0.15, 0.2) is 5.96 Å². The van der Waals surface area contributed by atoms with Gasteiger partial charge < -0.3 is 19.8 Å². The molecule has 7 heteroatoms. The van der Waals surface area contributed by atoms with E-state index in [1.54, 1.807) is 6.26 Å². The van der Waals surface area contributed by atoms with Crippen molar-refractivity contribution >= 4 is 29.9 Å². The number of rotatable bonds is 11. The first-order chi connectivity index (χ1) is 13.4. The number of aliphatic imine (C=N–C) groups is 1. The summed E-state index contributed by atoms with van der Waals surface area (Å²) in [6.45, 7) is 8.57. The molecule has 1 atom stereocenters. The van der Waals surface area contributed by atoms with Gasteiger partial charge in [-0.3, -0.25) is 9.89 Å². The summed E-state index contributed by atoms with van der Waals surface area (Å²) >= 11 is 0. The fraction of sp³-hybridized carbons (Fsp3) is 0.762. The fourth-order valence-corrected chi connectivity index (χ4v) is 3.53. The van der Waals surface area contributed by atoms with Crippen molar-refractivity contribution in [2.24, 2.45) is 10.9 Å². The minimum absolute atomic E-state index is 0. The molecule has 2 fully saturated rings. The van der Waals surface area contributed by atoms with Crippen LogP contribution in [0.15, 0.2) is 27.8 Å². The Morgan fingerprint density at radius 1 is 1.29 bits per heavy atom. The number of guanidine groups is 1. The molecule has 1 saturated carbocycles. The quantitative estimate of drug-likeness (QED) is 0.208. The highest BCUT2D eigenvalue weighted by atomic mass is 127. The summed E-state index contributed by atoms with van der Waals surface area (Å²) in [6, 6.07) is 4.27. The molecule has 1 aromatic heterocycles. The summed E-state index contributed by atoms with van der Waals surface area (Å²) in [7, 11) is 0. The lowest BCUT2D eigenvalue weighted by atomic mass is 10.1. The molecule has 0 radical (unpaired) electrons. The Hall–Kier alpha value is -0.800. The second kappa shape index (κ2) is 13.4. The van der Waals surface area contributed by atoms with E-state index >= 15 is 0 Å². The molecule has 1 aliphatic heterocycles. The molecule has 6 nitrogen and oxygen atoms in total. The van der Waals surface area contributed by atoms with Gasteiger partial charge in [-0.15, -0.1) is 24.0 Å². The Kier molecular flexibility index (Phi) is 11.3. The number of likely N-dealkylation sites (tertiary alicyclic amines) is 1. The first kappa shape index (κ1) is 23.5. The number of piperidine rings is 1. The lowest BCUT2D eigenvalue weighted by Crippen LogP contribution is -2.40. The zero-order chi connectivity index (χ0) is 18.7. The number of nitrogens with one attached hydrogen (secondary N) is 2. The van der Waals surface area contributed by atoms with Crippen molar-refractivity contribution in [3.05, 3.63) is 24.2 Å². The second-order valence-corrected chi connectivity index (χ2v) is 7.65. The van der Waals surface area contributed by atoms with Crippen LogP contribution in [0.3, 0.4) is 0 Å². The maximum Gasteiger partial charge on any atom is 0.191 e. The fourth-order valence-electron chi connectivity index (χ4n) is 3.53. The Balaban J connectivity index is 0.00000280. The second-order valence-electron chi connectivity index (χ2n) is 7.65. The molecule has 0 aromatic carbocycles. The summed E-state index contributed by atoms with van der Waals surface area (Å²) in [5, 5.41) is 6.79. The van der Waals surface area contributed by atoms with Crippen molar-refractivity contribution in [2.75, 3.05) is 45.9 Å². The van der Waals surface area contributed by atoms with Crippen molar-refractivity contribution < 1.29 is 9.15 Å². The Bertz CT molecular complexity index is 543. The van der Waals surface area contributed by atoms with Crippen molar-refractivity contribution in [1.29, 1.82) is 0 Å². The van der Waals surface area contributed by atoms with Crippen molar-refractivity contribution in [2.45, 2.75) is 51.5 Å². The van der Waals surface area contributed by atoms with Crippen molar-refractivity contribution in [3.8, 4) is 0 Å². The summed E-state index contributed by atoms with van der Waals surface area (Å²) < 4.78 is 11.4. The summed E-state index contributed by atoms with van der Waals surface area (Å²) in [5.41, 5.74) is 0. The van der Waals surface area contributed by atoms with E-state index in [0.29, 0.717) is 6.54 Å². The first-order valence-electron chi connectivity index (χ1n) is 10.7. The summed E-state index contributed by atoms with van der Waals surface area (Å²) in [6.07, 6.45) is 9.33. The molecule has 0 amide bonds. The van der Waals surface area contributed by atoms with E-state index < -0.39 is 0 Å². The van der Waals surface area contributed by atoms with Crippen LogP contribution in [0.1, 0.15) is 57.3 Å². The molecule has 160 valence electrons. The van der Waals surface area contributed by atoms with Gasteiger partial charge in [-0.25, -0.2) is 0 Å². The van der Waals surface area contributed by atoms with Gasteiger partial charge >= 0.3 is 0 Å². The van der Waals surface area contributed by atoms with Gasteiger partial charge in [0.05, 0.1) is 18.8 Å². The van der Waals surface area contributed by atoms with Gasteiger partial charge in [0.2, 0.25) is 0 Å². The number of ether oxygens (including phenoxy) is 1. The largest absolute Gasteiger partial charge is 0.468 e. The van der Waals surface area contributed by atoms with Crippen LogP contribution in [0.4, 0.5) is 0 Å². The van der Waals surface area contributed by atoms with Gasteiger partial charge in [0.25, 0.3) is 0 Å². The molecule has 0 bridgehead atoms. The average molecular weight is 504 g/mol. The van der Waals surface area contributed by atoms with E-state index in [2.05, 4.69) is 28.5 Å². The van der Waals surface area contributed by atoms with Gasteiger partial charge in [-0.2, -0.15) is 0 Å². The van der Waals surface area contributed by atoms with Crippen LogP contribution in [-0.4, -0.2) is 56.8 Å². The maximum atomic E-state index is 5.72. The minimum Gasteiger partial charge on any atom is -0.468 e. The smallest absolute Gasteiger partial charge is 0.191 e. The monoisotopic (exact) mass is 504 g/mol. The minimum atomic E-state index is 0. The molecule has 2 aliphatic rings. The van der Waals surface area contributed by atoms with E-state index in [9.17, 15) is 0 Å². The van der Waals surface area contributed by atoms with Gasteiger partial charge in [0, 0.05) is 26.3 Å². The maximum absolute atomic E-state index is 5.72. The lowest BCUT2D eigenvalue weighted by molar-refractivity contribution is 0.123. The van der Waals surface area contributed by atoms with Gasteiger partial charge in [0.1, 0.15) is 5.76 Å². The highest BCUT2D eigenvalue weighted by Crippen LogP contribution is 2.28. The average Bonchev–Trinajstić information content (AvgIpc) is 3.37. The topological polar surface area (TPSA) is 62.0 Å². The van der Waals surface area contributed by atoms with E-state index in [4.69, 9.17) is 14.1 Å². The van der Waals surface area contributed by atoms with E-state index in [1.807, 2.05) is 6.07 Å². The predicted octanol–water partition coefficient (Wildman–Crippen LogP) is 3.80. The molecular weight excluding hydrogens is 467 g/mol. The van der Waals surface area contributed by atoms with Crippen LogP contribution in [0, 0.1) is 5.92 Å². The van der Waals surface area contributed by atoms with Gasteiger partial charge in [-0.1, -0.05) is 6.42 Å². The lowest BCUT2D eigenvalue weighted by Gasteiger charge is -2.32. The van der Waals surface area contributed by atoms with E-state index in [-0.39, 0.29) is 30.0 Å². The molecule has 28 heavy (non-hydrogen) atoms. The Labute approximate surface area is 186 Å². The number of furan rings is 1. The highest BCUT2D eigenvalue weighted by Gasteiger charge is 2.24. The number of hydrogen-bond donors (Lipinski definition) is 2. The zero-order valence-electron chi connectivity index (χ0n) is 17.2. The van der Waals surface area contributed by atoms with Crippen LogP contribution in [0.25, 0.3) is 0 Å². The molecule has 1 unspecified atom stereocenters. The van der Waals surface area contributed by atoms with Crippen LogP contribution >= 0.6 is 24.0 Å². The van der Waals surface area contributed by atoms with Crippen molar-refractivity contribution in [3.63, 3.8) is 0 Å². The van der Waals surface area contributed by atoms with Crippen LogP contribution in [-0.2, 0) is 4.74 Å². The third-order valence-corrected chi connectivity index (χ3v) is 5.28. The SMILES string of the molecule is CCNC(=NCC(c1ccco1)N1CCCCC1)NCCCOCC1CC1.I. The summed E-state index contributed by atoms with van der Waals surface area (Å²) in [4.78, 5) is 7.37. The number of nitrogens with zero attached hydrogens (tertiary/aromatic N) is 2. The molecule has 3 rings (SSSR count). The third-order valence-electron chi connectivity index (χ3n) is 5.28. The Morgan fingerprint density at radius 2 is 2.11 bits per heavy atom. The molecule has 2 heterocycles. The Morgan fingerprint density at radius 3 is 2.79 bits per heavy atom. The van der Waals surface area contributed by atoms with Crippen molar-refractivity contribution in [1.82, 2.24) is 15.5 Å².